The number of pyridine rings is 1. The van der Waals surface area contributed by atoms with Gasteiger partial charge in [0.05, 0.1) is 4.90 Å². The van der Waals surface area contributed by atoms with Gasteiger partial charge in [0.25, 0.3) is 5.91 Å². The Morgan fingerprint density at radius 1 is 1.19 bits per heavy atom. The van der Waals surface area contributed by atoms with Crippen LogP contribution in [0.4, 0.5) is 0 Å². The van der Waals surface area contributed by atoms with Crippen molar-refractivity contribution < 1.29 is 13.2 Å². The number of hydrogen-bond acceptors (Lipinski definition) is 4. The minimum atomic E-state index is -3.66. The van der Waals surface area contributed by atoms with Crippen LogP contribution in [-0.2, 0) is 10.0 Å². The molecule has 0 spiro atoms. The van der Waals surface area contributed by atoms with E-state index in [1.54, 1.807) is 6.07 Å². The number of H-pyrrole nitrogens is 1. The van der Waals surface area contributed by atoms with Gasteiger partial charge in [0, 0.05) is 36.2 Å². The predicted octanol–water partition coefficient (Wildman–Crippen LogP) is 1.84. The van der Waals surface area contributed by atoms with E-state index in [0.29, 0.717) is 24.5 Å². The van der Waals surface area contributed by atoms with E-state index in [9.17, 15) is 18.0 Å². The molecular formula is C19H23N3O4S. The van der Waals surface area contributed by atoms with Crippen LogP contribution in [0.15, 0.2) is 34.1 Å². The molecule has 8 heteroatoms. The second kappa shape index (κ2) is 6.76. The van der Waals surface area contributed by atoms with E-state index in [0.717, 1.165) is 25.7 Å². The quantitative estimate of drug-likeness (QED) is 0.833. The summed E-state index contributed by atoms with van der Waals surface area (Å²) in [7, 11) is -3.66. The van der Waals surface area contributed by atoms with E-state index in [2.05, 4.69) is 17.2 Å². The number of nitrogens with zero attached hydrogens (tertiary/aromatic N) is 1. The van der Waals surface area contributed by atoms with Crippen molar-refractivity contribution in [3.63, 3.8) is 0 Å². The molecule has 2 aliphatic rings. The van der Waals surface area contributed by atoms with Gasteiger partial charge in [0.1, 0.15) is 5.56 Å². The smallest absolute Gasteiger partial charge is 0.256 e. The number of aromatic nitrogens is 1. The summed E-state index contributed by atoms with van der Waals surface area (Å²) in [4.78, 5) is 28.1. The number of hydrogen-bond donors (Lipinski definition) is 2. The number of rotatable bonds is 4. The first kappa shape index (κ1) is 18.2. The average Bonchev–Trinajstić information content (AvgIpc) is 3.46. The predicted molar refractivity (Wildman–Crippen MR) is 102 cm³/mol. The maximum atomic E-state index is 13.0. The lowest BCUT2D eigenvalue weighted by atomic mass is 10.0. The lowest BCUT2D eigenvalue weighted by Crippen LogP contribution is -2.37. The zero-order valence-corrected chi connectivity index (χ0v) is 16.0. The fourth-order valence-corrected chi connectivity index (χ4v) is 4.89. The molecule has 1 aromatic carbocycles. The van der Waals surface area contributed by atoms with Crippen molar-refractivity contribution in [3.05, 3.63) is 40.2 Å². The van der Waals surface area contributed by atoms with Crippen LogP contribution in [0.3, 0.4) is 0 Å². The molecule has 0 bridgehead atoms. The largest absolute Gasteiger partial charge is 0.360 e. The second-order valence-corrected chi connectivity index (χ2v) is 9.51. The molecule has 1 amide bonds. The monoisotopic (exact) mass is 389 g/mol. The van der Waals surface area contributed by atoms with Gasteiger partial charge in [-0.2, -0.15) is 4.31 Å². The fraction of sp³-hybridized carbons (Fsp3) is 0.474. The lowest BCUT2D eigenvalue weighted by Gasteiger charge is -2.29. The van der Waals surface area contributed by atoms with Crippen LogP contribution in [0.1, 0.15) is 43.0 Å². The maximum absolute atomic E-state index is 13.0. The fourth-order valence-electron chi connectivity index (χ4n) is 3.39. The summed E-state index contributed by atoms with van der Waals surface area (Å²) in [6.45, 7) is 3.09. The lowest BCUT2D eigenvalue weighted by molar-refractivity contribution is 0.0950. The highest BCUT2D eigenvalue weighted by atomic mass is 32.2. The van der Waals surface area contributed by atoms with Gasteiger partial charge in [-0.1, -0.05) is 6.92 Å². The highest BCUT2D eigenvalue weighted by molar-refractivity contribution is 7.89. The Morgan fingerprint density at radius 3 is 2.56 bits per heavy atom. The summed E-state index contributed by atoms with van der Waals surface area (Å²) in [5, 5.41) is 3.00. The molecule has 7 nitrogen and oxygen atoms in total. The van der Waals surface area contributed by atoms with Crippen molar-refractivity contribution in [2.75, 3.05) is 13.1 Å². The van der Waals surface area contributed by atoms with Crippen LogP contribution in [0, 0.1) is 5.92 Å². The van der Waals surface area contributed by atoms with E-state index in [4.69, 9.17) is 0 Å². The molecule has 1 saturated carbocycles. The molecule has 2 N–H and O–H groups in total. The summed E-state index contributed by atoms with van der Waals surface area (Å²) < 4.78 is 27.4. The number of sulfonamides is 1. The Balaban J connectivity index is 1.71. The Kier molecular flexibility index (Phi) is 4.55. The number of carbonyl (C=O) groups is 1. The first-order valence-corrected chi connectivity index (χ1v) is 10.8. The van der Waals surface area contributed by atoms with Crippen LogP contribution in [0.5, 0.6) is 0 Å². The van der Waals surface area contributed by atoms with E-state index in [-0.39, 0.29) is 21.9 Å². The average molecular weight is 389 g/mol. The van der Waals surface area contributed by atoms with Crippen LogP contribution < -0.4 is 10.7 Å². The zero-order valence-electron chi connectivity index (χ0n) is 15.2. The third kappa shape index (κ3) is 3.51. The van der Waals surface area contributed by atoms with Gasteiger partial charge >= 0.3 is 0 Å². The Hall–Kier alpha value is -2.19. The topological polar surface area (TPSA) is 99.3 Å². The normalized spacial score (nSPS) is 19.3. The molecule has 1 aliphatic carbocycles. The molecule has 0 unspecified atom stereocenters. The Morgan fingerprint density at radius 2 is 1.89 bits per heavy atom. The molecule has 1 saturated heterocycles. The molecule has 27 heavy (non-hydrogen) atoms. The van der Waals surface area contributed by atoms with E-state index in [1.165, 1.54) is 22.6 Å². The van der Waals surface area contributed by atoms with Gasteiger partial charge in [-0.3, -0.25) is 9.59 Å². The standard InChI is InChI=1S/C19H23N3O4S/c1-12-6-8-22(9-7-12)27(25,26)14-4-5-17-15(10-14)18(23)16(11-20-17)19(24)21-13-2-3-13/h4-5,10-13H,2-3,6-9H2,1H3,(H,20,23)(H,21,24). The molecule has 2 fully saturated rings. The number of benzene rings is 1. The minimum Gasteiger partial charge on any atom is -0.360 e. The van der Waals surface area contributed by atoms with Crippen LogP contribution >= 0.6 is 0 Å². The van der Waals surface area contributed by atoms with Gasteiger partial charge in [-0.05, 0) is 49.8 Å². The van der Waals surface area contributed by atoms with Crippen molar-refractivity contribution in [2.45, 2.75) is 43.5 Å². The van der Waals surface area contributed by atoms with E-state index < -0.39 is 21.4 Å². The molecule has 1 aliphatic heterocycles. The van der Waals surface area contributed by atoms with Crippen molar-refractivity contribution in [1.82, 2.24) is 14.6 Å². The Bertz CT molecular complexity index is 1050. The van der Waals surface area contributed by atoms with Crippen molar-refractivity contribution in [1.29, 1.82) is 0 Å². The van der Waals surface area contributed by atoms with Gasteiger partial charge in [0.2, 0.25) is 15.5 Å². The molecule has 0 atom stereocenters. The van der Waals surface area contributed by atoms with Crippen LogP contribution in [0.25, 0.3) is 10.9 Å². The summed E-state index contributed by atoms with van der Waals surface area (Å²) in [5.74, 6) is 0.0994. The first-order chi connectivity index (χ1) is 12.9. The highest BCUT2D eigenvalue weighted by Crippen LogP contribution is 2.25. The van der Waals surface area contributed by atoms with Crippen molar-refractivity contribution >= 4 is 26.8 Å². The third-order valence-electron chi connectivity index (χ3n) is 5.39. The van der Waals surface area contributed by atoms with Gasteiger partial charge < -0.3 is 10.3 Å². The molecule has 2 heterocycles. The van der Waals surface area contributed by atoms with Crippen molar-refractivity contribution in [2.24, 2.45) is 5.92 Å². The van der Waals surface area contributed by atoms with Crippen LogP contribution in [0.2, 0.25) is 0 Å². The number of aromatic amines is 1. The summed E-state index contributed by atoms with van der Waals surface area (Å²) in [6, 6.07) is 4.62. The maximum Gasteiger partial charge on any atom is 0.256 e. The SMILES string of the molecule is CC1CCN(S(=O)(=O)c2ccc3[nH]cc(C(=O)NC4CC4)c(=O)c3c2)CC1. The number of carbonyl (C=O) groups excluding carboxylic acids is 1. The molecular weight excluding hydrogens is 366 g/mol. The van der Waals surface area contributed by atoms with Gasteiger partial charge in [-0.15, -0.1) is 0 Å². The zero-order chi connectivity index (χ0) is 19.2. The first-order valence-electron chi connectivity index (χ1n) is 9.33. The molecule has 1 aromatic heterocycles. The summed E-state index contributed by atoms with van der Waals surface area (Å²) >= 11 is 0. The molecule has 4 rings (SSSR count). The van der Waals surface area contributed by atoms with Crippen molar-refractivity contribution in [3.8, 4) is 0 Å². The van der Waals surface area contributed by atoms with Gasteiger partial charge in [0.15, 0.2) is 0 Å². The molecule has 0 radical (unpaired) electrons. The molecule has 2 aromatic rings. The minimum absolute atomic E-state index is 0.00995. The second-order valence-electron chi connectivity index (χ2n) is 7.57. The van der Waals surface area contributed by atoms with Crippen LogP contribution in [-0.4, -0.2) is 42.7 Å². The highest BCUT2D eigenvalue weighted by Gasteiger charge is 2.29. The number of amides is 1. The molecule has 144 valence electrons. The van der Waals surface area contributed by atoms with E-state index >= 15 is 0 Å². The number of fused-ring (bicyclic) bond motifs is 1. The van der Waals surface area contributed by atoms with E-state index in [1.807, 2.05) is 0 Å². The third-order valence-corrected chi connectivity index (χ3v) is 7.28. The number of nitrogens with one attached hydrogen (secondary N) is 2. The summed E-state index contributed by atoms with van der Waals surface area (Å²) in [6.07, 6.45) is 4.91. The number of piperidine rings is 1. The van der Waals surface area contributed by atoms with Gasteiger partial charge in [-0.25, -0.2) is 8.42 Å². The summed E-state index contributed by atoms with van der Waals surface area (Å²) in [5.41, 5.74) is 0.0659. The Labute approximate surface area is 157 Å².